The van der Waals surface area contributed by atoms with E-state index in [-0.39, 0.29) is 6.04 Å². The first-order valence-electron chi connectivity index (χ1n) is 7.04. The molecule has 0 aliphatic rings. The van der Waals surface area contributed by atoms with E-state index in [1.165, 1.54) is 5.56 Å². The van der Waals surface area contributed by atoms with E-state index in [1.807, 2.05) is 22.9 Å². The summed E-state index contributed by atoms with van der Waals surface area (Å²) in [5.41, 5.74) is 1.21. The lowest BCUT2D eigenvalue weighted by Crippen LogP contribution is -2.25. The molecule has 1 aromatic carbocycles. The van der Waals surface area contributed by atoms with Crippen LogP contribution in [0, 0.1) is 5.92 Å². The molecule has 0 N–H and O–H groups in total. The van der Waals surface area contributed by atoms with Gasteiger partial charge in [-0.15, -0.1) is 5.10 Å². The minimum absolute atomic E-state index is 0.244. The van der Waals surface area contributed by atoms with Gasteiger partial charge in [-0.2, -0.15) is 0 Å². The van der Waals surface area contributed by atoms with Crippen LogP contribution in [0.1, 0.15) is 37.7 Å². The molecule has 0 aliphatic heterocycles. The molecule has 5 nitrogen and oxygen atoms in total. The van der Waals surface area contributed by atoms with Gasteiger partial charge in [-0.3, -0.25) is 4.90 Å². The topological polar surface area (TPSA) is 46.8 Å². The molecular weight excluding hydrogens is 250 g/mol. The van der Waals surface area contributed by atoms with Crippen molar-refractivity contribution < 1.29 is 0 Å². The zero-order chi connectivity index (χ0) is 14.5. The van der Waals surface area contributed by atoms with Gasteiger partial charge in [0.2, 0.25) is 0 Å². The number of hydrogen-bond acceptors (Lipinski definition) is 4. The third-order valence-electron chi connectivity index (χ3n) is 3.35. The van der Waals surface area contributed by atoms with Crippen LogP contribution in [0.5, 0.6) is 0 Å². The molecule has 0 saturated carbocycles. The smallest absolute Gasteiger partial charge is 0.168 e. The Kier molecular flexibility index (Phi) is 4.84. The van der Waals surface area contributed by atoms with Crippen molar-refractivity contribution in [2.45, 2.75) is 32.9 Å². The fourth-order valence-electron chi connectivity index (χ4n) is 2.31. The number of hydrogen-bond donors (Lipinski definition) is 0. The van der Waals surface area contributed by atoms with Gasteiger partial charge in [0, 0.05) is 0 Å². The summed E-state index contributed by atoms with van der Waals surface area (Å²) in [6.45, 7) is 5.16. The van der Waals surface area contributed by atoms with Crippen LogP contribution >= 0.6 is 0 Å². The lowest BCUT2D eigenvalue weighted by molar-refractivity contribution is 0.241. The fraction of sp³-hybridized carbons (Fsp3) is 0.533. The zero-order valence-corrected chi connectivity index (χ0v) is 12.7. The summed E-state index contributed by atoms with van der Waals surface area (Å²) in [6.07, 6.45) is 1.04. The lowest BCUT2D eigenvalue weighted by atomic mass is 10.0. The third kappa shape index (κ3) is 3.63. The van der Waals surface area contributed by atoms with Crippen molar-refractivity contribution in [3.8, 4) is 0 Å². The van der Waals surface area contributed by atoms with E-state index in [0.29, 0.717) is 12.5 Å². The molecule has 0 saturated heterocycles. The van der Waals surface area contributed by atoms with Crippen molar-refractivity contribution in [3.63, 3.8) is 0 Å². The van der Waals surface area contributed by atoms with Crippen LogP contribution < -0.4 is 0 Å². The molecule has 0 fully saturated rings. The molecule has 0 amide bonds. The number of aromatic nitrogens is 4. The van der Waals surface area contributed by atoms with Crippen molar-refractivity contribution in [2.75, 3.05) is 14.1 Å². The van der Waals surface area contributed by atoms with Gasteiger partial charge in [-0.25, -0.2) is 4.68 Å². The second-order valence-electron chi connectivity index (χ2n) is 5.79. The Morgan fingerprint density at radius 2 is 1.85 bits per heavy atom. The van der Waals surface area contributed by atoms with Gasteiger partial charge >= 0.3 is 0 Å². The Bertz CT molecular complexity index is 518. The predicted molar refractivity (Wildman–Crippen MR) is 79.2 cm³/mol. The largest absolute Gasteiger partial charge is 0.300 e. The standard InChI is InChI=1S/C15H23N5/c1-12(2)10-14(19(3)4)15-16-17-18-20(15)11-13-8-6-5-7-9-13/h5-9,12,14H,10-11H2,1-4H3. The number of nitrogens with zero attached hydrogens (tertiary/aromatic N) is 5. The zero-order valence-electron chi connectivity index (χ0n) is 12.7. The van der Waals surface area contributed by atoms with E-state index in [4.69, 9.17) is 0 Å². The molecule has 0 bridgehead atoms. The highest BCUT2D eigenvalue weighted by atomic mass is 15.5. The summed E-state index contributed by atoms with van der Waals surface area (Å²) < 4.78 is 1.91. The highest BCUT2D eigenvalue weighted by Gasteiger charge is 2.22. The van der Waals surface area contributed by atoms with Crippen molar-refractivity contribution in [3.05, 3.63) is 41.7 Å². The average molecular weight is 273 g/mol. The molecule has 1 aromatic heterocycles. The first-order valence-corrected chi connectivity index (χ1v) is 7.04. The Morgan fingerprint density at radius 1 is 1.15 bits per heavy atom. The van der Waals surface area contributed by atoms with E-state index in [1.54, 1.807) is 0 Å². The Balaban J connectivity index is 2.22. The van der Waals surface area contributed by atoms with Gasteiger partial charge in [-0.1, -0.05) is 44.2 Å². The van der Waals surface area contributed by atoms with Crippen LogP contribution in [0.25, 0.3) is 0 Å². The van der Waals surface area contributed by atoms with Crippen molar-refractivity contribution in [1.82, 2.24) is 25.1 Å². The minimum atomic E-state index is 0.244. The van der Waals surface area contributed by atoms with Crippen LogP contribution in [-0.4, -0.2) is 39.2 Å². The predicted octanol–water partition coefficient (Wildman–Crippen LogP) is 2.37. The summed E-state index contributed by atoms with van der Waals surface area (Å²) in [4.78, 5) is 2.19. The summed E-state index contributed by atoms with van der Waals surface area (Å²) in [6, 6.07) is 10.5. The highest BCUT2D eigenvalue weighted by Crippen LogP contribution is 2.23. The normalized spacial score (nSPS) is 13.1. The third-order valence-corrected chi connectivity index (χ3v) is 3.35. The van der Waals surface area contributed by atoms with Crippen molar-refractivity contribution in [1.29, 1.82) is 0 Å². The van der Waals surface area contributed by atoms with Crippen LogP contribution in [-0.2, 0) is 6.54 Å². The molecule has 0 aliphatic carbocycles. The molecule has 5 heteroatoms. The summed E-state index contributed by atoms with van der Waals surface area (Å²) in [5.74, 6) is 1.54. The van der Waals surface area contributed by atoms with E-state index in [0.717, 1.165) is 12.2 Å². The van der Waals surface area contributed by atoms with Crippen molar-refractivity contribution >= 4 is 0 Å². The quantitative estimate of drug-likeness (QED) is 0.810. The summed E-state index contributed by atoms with van der Waals surface area (Å²) in [7, 11) is 4.16. The van der Waals surface area contributed by atoms with Crippen molar-refractivity contribution in [2.24, 2.45) is 5.92 Å². The van der Waals surface area contributed by atoms with Crippen LogP contribution in [0.3, 0.4) is 0 Å². The maximum absolute atomic E-state index is 4.25. The van der Waals surface area contributed by atoms with Gasteiger partial charge in [0.25, 0.3) is 0 Å². The second kappa shape index (κ2) is 6.61. The molecule has 1 unspecified atom stereocenters. The van der Waals surface area contributed by atoms with Gasteiger partial charge in [-0.05, 0) is 42.4 Å². The van der Waals surface area contributed by atoms with Gasteiger partial charge in [0.15, 0.2) is 5.82 Å². The van der Waals surface area contributed by atoms with Gasteiger partial charge in [0.05, 0.1) is 12.6 Å². The van der Waals surface area contributed by atoms with E-state index in [9.17, 15) is 0 Å². The second-order valence-corrected chi connectivity index (χ2v) is 5.79. The molecule has 2 rings (SSSR count). The minimum Gasteiger partial charge on any atom is -0.300 e. The highest BCUT2D eigenvalue weighted by molar-refractivity contribution is 5.15. The SMILES string of the molecule is CC(C)CC(c1nnnn1Cc1ccccc1)N(C)C. The Labute approximate surface area is 120 Å². The Morgan fingerprint density at radius 3 is 2.45 bits per heavy atom. The summed E-state index contributed by atoms with van der Waals surface area (Å²) in [5, 5.41) is 12.3. The van der Waals surface area contributed by atoms with Gasteiger partial charge in [0.1, 0.15) is 0 Å². The monoisotopic (exact) mass is 273 g/mol. The summed E-state index contributed by atoms with van der Waals surface area (Å²) >= 11 is 0. The van der Waals surface area contributed by atoms with Crippen LogP contribution in [0.15, 0.2) is 30.3 Å². The molecule has 1 heterocycles. The molecule has 20 heavy (non-hydrogen) atoms. The number of rotatable bonds is 6. The van der Waals surface area contributed by atoms with E-state index < -0.39 is 0 Å². The number of tetrazole rings is 1. The van der Waals surface area contributed by atoms with E-state index >= 15 is 0 Å². The molecule has 1 atom stereocenters. The van der Waals surface area contributed by atoms with Crippen LogP contribution in [0.4, 0.5) is 0 Å². The Hall–Kier alpha value is -1.75. The molecular formula is C15H23N5. The first kappa shape index (κ1) is 14.7. The molecule has 0 spiro atoms. The first-order chi connectivity index (χ1) is 9.58. The average Bonchev–Trinajstić information content (AvgIpc) is 2.84. The maximum atomic E-state index is 4.25. The molecule has 2 aromatic rings. The maximum Gasteiger partial charge on any atom is 0.168 e. The molecule has 108 valence electrons. The van der Waals surface area contributed by atoms with Crippen LogP contribution in [0.2, 0.25) is 0 Å². The lowest BCUT2D eigenvalue weighted by Gasteiger charge is -2.24. The number of benzene rings is 1. The molecule has 0 radical (unpaired) electrons. The fourth-order valence-corrected chi connectivity index (χ4v) is 2.31. The van der Waals surface area contributed by atoms with Gasteiger partial charge < -0.3 is 0 Å². The van der Waals surface area contributed by atoms with E-state index in [2.05, 4.69) is 60.5 Å².